The molecule has 0 bridgehead atoms. The number of hydrazine groups is 1. The Hall–Kier alpha value is -1.40. The predicted molar refractivity (Wildman–Crippen MR) is 84.0 cm³/mol. The Labute approximate surface area is 127 Å². The molecule has 0 aliphatic heterocycles. The van der Waals surface area contributed by atoms with E-state index in [-0.39, 0.29) is 6.10 Å². The van der Waals surface area contributed by atoms with E-state index in [0.717, 1.165) is 6.42 Å². The highest BCUT2D eigenvalue weighted by Crippen LogP contribution is 2.17. The van der Waals surface area contributed by atoms with Crippen molar-refractivity contribution in [3.05, 3.63) is 11.9 Å². The molecule has 6 nitrogen and oxygen atoms in total. The minimum absolute atomic E-state index is 0.127. The highest BCUT2D eigenvalue weighted by atomic mass is 16.5. The van der Waals surface area contributed by atoms with Crippen molar-refractivity contribution >= 4 is 5.82 Å². The molecule has 0 fully saturated rings. The number of hydrogen-bond acceptors (Lipinski definition) is 6. The summed E-state index contributed by atoms with van der Waals surface area (Å²) < 4.78 is 11.2. The first-order valence-corrected chi connectivity index (χ1v) is 7.78. The zero-order valence-corrected chi connectivity index (χ0v) is 13.4. The molecule has 1 unspecified atom stereocenters. The van der Waals surface area contributed by atoms with Gasteiger partial charge in [-0.2, -0.15) is 4.98 Å². The molecule has 6 heteroatoms. The van der Waals surface area contributed by atoms with Crippen LogP contribution < -0.4 is 16.0 Å². The number of nitrogens with two attached hydrogens (primary N) is 1. The maximum absolute atomic E-state index is 5.86. The van der Waals surface area contributed by atoms with E-state index in [9.17, 15) is 0 Å². The van der Waals surface area contributed by atoms with Gasteiger partial charge in [-0.3, -0.25) is 0 Å². The van der Waals surface area contributed by atoms with Crippen molar-refractivity contribution in [1.82, 2.24) is 9.97 Å². The summed E-state index contributed by atoms with van der Waals surface area (Å²) in [6.07, 6.45) is 6.10. The number of anilines is 1. The fraction of sp³-hybridized carbons (Fsp3) is 0.733. The van der Waals surface area contributed by atoms with Gasteiger partial charge in [-0.15, -0.1) is 0 Å². The average molecular weight is 296 g/mol. The van der Waals surface area contributed by atoms with Gasteiger partial charge >= 0.3 is 0 Å². The summed E-state index contributed by atoms with van der Waals surface area (Å²) in [6, 6.07) is 1.71. The summed E-state index contributed by atoms with van der Waals surface area (Å²) >= 11 is 0. The maximum Gasteiger partial charge on any atom is 0.219 e. The second-order valence-corrected chi connectivity index (χ2v) is 5.07. The molecule has 3 N–H and O–H groups in total. The van der Waals surface area contributed by atoms with Crippen LogP contribution in [0.25, 0.3) is 0 Å². The van der Waals surface area contributed by atoms with Crippen molar-refractivity contribution in [3.63, 3.8) is 0 Å². The normalized spacial score (nSPS) is 12.2. The molecule has 0 aliphatic carbocycles. The number of rotatable bonds is 11. The number of hydrogen-bond donors (Lipinski definition) is 2. The van der Waals surface area contributed by atoms with Crippen LogP contribution in [0.3, 0.4) is 0 Å². The van der Waals surface area contributed by atoms with Gasteiger partial charge in [-0.1, -0.05) is 26.2 Å². The van der Waals surface area contributed by atoms with Crippen LogP contribution in [-0.2, 0) is 11.3 Å². The van der Waals surface area contributed by atoms with Gasteiger partial charge < -0.3 is 14.9 Å². The maximum atomic E-state index is 5.86. The van der Waals surface area contributed by atoms with Gasteiger partial charge in [0.15, 0.2) is 5.82 Å². The third-order valence-electron chi connectivity index (χ3n) is 3.12. The van der Waals surface area contributed by atoms with Gasteiger partial charge in [0.1, 0.15) is 12.4 Å². The van der Waals surface area contributed by atoms with Gasteiger partial charge in [0.2, 0.25) is 5.88 Å². The van der Waals surface area contributed by atoms with E-state index in [1.165, 1.54) is 25.7 Å². The summed E-state index contributed by atoms with van der Waals surface area (Å²) in [5, 5.41) is 0. The summed E-state index contributed by atoms with van der Waals surface area (Å²) in [4.78, 5) is 8.58. The van der Waals surface area contributed by atoms with E-state index in [0.29, 0.717) is 30.7 Å². The Balaban J connectivity index is 2.55. The Kier molecular flexibility index (Phi) is 8.69. The lowest BCUT2D eigenvalue weighted by Gasteiger charge is -2.15. The number of nitrogen functional groups attached to an aromatic ring is 1. The number of nitrogens with zero attached hydrogens (tertiary/aromatic N) is 2. The first-order valence-electron chi connectivity index (χ1n) is 7.78. The summed E-state index contributed by atoms with van der Waals surface area (Å²) in [6.45, 7) is 7.18. The third-order valence-corrected chi connectivity index (χ3v) is 3.12. The number of ether oxygens (including phenoxy) is 2. The molecule has 1 aromatic heterocycles. The molecule has 0 spiro atoms. The summed E-state index contributed by atoms with van der Waals surface area (Å²) in [5.41, 5.74) is 2.53. The lowest BCUT2D eigenvalue weighted by Crippen LogP contribution is -2.16. The fourth-order valence-corrected chi connectivity index (χ4v) is 1.99. The van der Waals surface area contributed by atoms with E-state index in [1.807, 2.05) is 6.92 Å². The molecule has 1 aromatic rings. The second-order valence-electron chi connectivity index (χ2n) is 5.07. The van der Waals surface area contributed by atoms with Crippen LogP contribution in [0.5, 0.6) is 5.88 Å². The molecule has 0 saturated carbocycles. The first-order chi connectivity index (χ1) is 10.2. The molecule has 0 radical (unpaired) electrons. The van der Waals surface area contributed by atoms with Crippen LogP contribution in [0.2, 0.25) is 0 Å². The highest BCUT2D eigenvalue weighted by Gasteiger charge is 2.09. The van der Waals surface area contributed by atoms with E-state index in [2.05, 4.69) is 29.2 Å². The lowest BCUT2D eigenvalue weighted by atomic mass is 10.1. The molecule has 0 aromatic carbocycles. The minimum Gasteiger partial charge on any atom is -0.475 e. The van der Waals surface area contributed by atoms with E-state index >= 15 is 0 Å². The Bertz CT molecular complexity index is 401. The topological polar surface area (TPSA) is 82.3 Å². The fourth-order valence-electron chi connectivity index (χ4n) is 1.99. The van der Waals surface area contributed by atoms with Gasteiger partial charge in [0.05, 0.1) is 6.10 Å². The Morgan fingerprint density at radius 1 is 1.24 bits per heavy atom. The molecule has 0 amide bonds. The van der Waals surface area contributed by atoms with Crippen LogP contribution in [0, 0.1) is 0 Å². The van der Waals surface area contributed by atoms with E-state index in [1.54, 1.807) is 6.07 Å². The minimum atomic E-state index is 0.127. The van der Waals surface area contributed by atoms with E-state index < -0.39 is 0 Å². The molecular weight excluding hydrogens is 268 g/mol. The van der Waals surface area contributed by atoms with Crippen molar-refractivity contribution in [2.45, 2.75) is 65.6 Å². The molecule has 21 heavy (non-hydrogen) atoms. The highest BCUT2D eigenvalue weighted by molar-refractivity contribution is 5.36. The third kappa shape index (κ3) is 7.24. The molecule has 1 atom stereocenters. The van der Waals surface area contributed by atoms with Crippen molar-refractivity contribution in [1.29, 1.82) is 0 Å². The Morgan fingerprint density at radius 2 is 2.05 bits per heavy atom. The summed E-state index contributed by atoms with van der Waals surface area (Å²) in [5.74, 6) is 7.07. The monoisotopic (exact) mass is 296 g/mol. The molecule has 1 rings (SSSR count). The smallest absolute Gasteiger partial charge is 0.219 e. The van der Waals surface area contributed by atoms with Crippen molar-refractivity contribution < 1.29 is 9.47 Å². The zero-order valence-electron chi connectivity index (χ0n) is 13.4. The number of nitrogens with one attached hydrogen (secondary N) is 1. The van der Waals surface area contributed by atoms with Crippen molar-refractivity contribution in [2.75, 3.05) is 12.0 Å². The Morgan fingerprint density at radius 3 is 2.71 bits per heavy atom. The molecular formula is C15H28N4O2. The summed E-state index contributed by atoms with van der Waals surface area (Å²) in [7, 11) is 0. The molecule has 120 valence electrons. The van der Waals surface area contributed by atoms with Gasteiger partial charge in [0, 0.05) is 12.7 Å². The lowest BCUT2D eigenvalue weighted by molar-refractivity contribution is 0.126. The first kappa shape index (κ1) is 17.7. The zero-order chi connectivity index (χ0) is 15.5. The standard InChI is InChI=1S/C15H28N4O2/c1-4-6-7-8-9-12(3)21-15-10-13(19-16)17-14(18-15)11-20-5-2/h10,12H,4-9,11,16H2,1-3H3,(H,17,18,19). The molecule has 1 heterocycles. The van der Waals surface area contributed by atoms with Gasteiger partial charge in [0.25, 0.3) is 0 Å². The van der Waals surface area contributed by atoms with Gasteiger partial charge in [-0.05, 0) is 26.7 Å². The van der Waals surface area contributed by atoms with Crippen LogP contribution in [0.15, 0.2) is 6.07 Å². The number of unbranched alkanes of at least 4 members (excludes halogenated alkanes) is 3. The second kappa shape index (κ2) is 10.3. The molecule has 0 aliphatic rings. The van der Waals surface area contributed by atoms with Gasteiger partial charge in [-0.25, -0.2) is 10.8 Å². The largest absolute Gasteiger partial charge is 0.475 e. The predicted octanol–water partition coefficient (Wildman–Crippen LogP) is 3.04. The van der Waals surface area contributed by atoms with Crippen LogP contribution in [0.4, 0.5) is 5.82 Å². The van der Waals surface area contributed by atoms with Crippen LogP contribution in [-0.4, -0.2) is 22.7 Å². The van der Waals surface area contributed by atoms with Crippen LogP contribution >= 0.6 is 0 Å². The van der Waals surface area contributed by atoms with Crippen molar-refractivity contribution in [3.8, 4) is 5.88 Å². The molecule has 0 saturated heterocycles. The SMILES string of the molecule is CCCCCCC(C)Oc1cc(NN)nc(COCC)n1. The van der Waals surface area contributed by atoms with Crippen molar-refractivity contribution in [2.24, 2.45) is 5.84 Å². The quantitative estimate of drug-likeness (QED) is 0.371. The average Bonchev–Trinajstić information content (AvgIpc) is 2.49. The van der Waals surface area contributed by atoms with Crippen LogP contribution in [0.1, 0.15) is 58.7 Å². The number of aromatic nitrogens is 2. The van der Waals surface area contributed by atoms with E-state index in [4.69, 9.17) is 15.3 Å².